The van der Waals surface area contributed by atoms with Gasteiger partial charge in [-0.2, -0.15) is 27.6 Å². The van der Waals surface area contributed by atoms with Crippen LogP contribution >= 0.6 is 12.6 Å². The summed E-state index contributed by atoms with van der Waals surface area (Å²) in [4.78, 5) is 13.1. The Hall–Kier alpha value is -2.06. The van der Waals surface area contributed by atoms with Gasteiger partial charge in [-0.3, -0.25) is 0 Å². The molecule has 0 amide bonds. The van der Waals surface area contributed by atoms with Gasteiger partial charge in [-0.15, -0.1) is 0 Å². The Morgan fingerprint density at radius 2 is 1.61 bits per heavy atom. The number of thiol groups is 1. The molecule has 5 N–H and O–H groups in total. The molecule has 124 valence electrons. The molecule has 7 nitrogen and oxygen atoms in total. The van der Waals surface area contributed by atoms with E-state index in [9.17, 15) is 0 Å². The first-order valence-corrected chi connectivity index (χ1v) is 8.18. The van der Waals surface area contributed by atoms with Crippen molar-refractivity contribution in [3.8, 4) is 0 Å². The van der Waals surface area contributed by atoms with Crippen molar-refractivity contribution in [1.82, 2.24) is 15.0 Å². The third-order valence-electron chi connectivity index (χ3n) is 2.91. The van der Waals surface area contributed by atoms with Crippen molar-refractivity contribution in [2.45, 2.75) is 19.5 Å². The van der Waals surface area contributed by atoms with E-state index < -0.39 is 0 Å². The molecular formula is C15H23N7S. The van der Waals surface area contributed by atoms with Gasteiger partial charge in [0.2, 0.25) is 17.8 Å². The molecule has 1 atom stereocenters. The molecule has 8 heteroatoms. The number of benzene rings is 1. The molecule has 1 unspecified atom stereocenters. The number of aromatic nitrogens is 3. The summed E-state index contributed by atoms with van der Waals surface area (Å²) in [5.74, 6) is 2.21. The summed E-state index contributed by atoms with van der Waals surface area (Å²) in [7, 11) is 0. The second kappa shape index (κ2) is 9.16. The van der Waals surface area contributed by atoms with Crippen LogP contribution in [0.15, 0.2) is 30.3 Å². The maximum Gasteiger partial charge on any atom is 0.229 e. The average Bonchev–Trinajstić information content (AvgIpc) is 2.57. The second-order valence-electron chi connectivity index (χ2n) is 5.15. The molecule has 0 saturated heterocycles. The van der Waals surface area contributed by atoms with Gasteiger partial charge in [-0.1, -0.05) is 30.3 Å². The van der Waals surface area contributed by atoms with E-state index in [0.29, 0.717) is 43.2 Å². The van der Waals surface area contributed by atoms with Crippen molar-refractivity contribution in [1.29, 1.82) is 0 Å². The Bertz CT molecular complexity index is 592. The molecule has 23 heavy (non-hydrogen) atoms. The molecule has 2 rings (SSSR count). The van der Waals surface area contributed by atoms with Gasteiger partial charge >= 0.3 is 0 Å². The van der Waals surface area contributed by atoms with Crippen LogP contribution in [0, 0.1) is 0 Å². The van der Waals surface area contributed by atoms with E-state index in [1.54, 1.807) is 0 Å². The van der Waals surface area contributed by atoms with Crippen molar-refractivity contribution in [3.05, 3.63) is 35.9 Å². The molecular weight excluding hydrogens is 310 g/mol. The minimum atomic E-state index is 0.0151. The predicted molar refractivity (Wildman–Crippen MR) is 98.1 cm³/mol. The van der Waals surface area contributed by atoms with Crippen molar-refractivity contribution in [2.75, 3.05) is 34.8 Å². The Morgan fingerprint density at radius 3 is 2.22 bits per heavy atom. The van der Waals surface area contributed by atoms with Gasteiger partial charge in [0.15, 0.2) is 0 Å². The van der Waals surface area contributed by atoms with Crippen molar-refractivity contribution in [2.24, 2.45) is 5.73 Å². The minimum Gasteiger partial charge on any atom is -0.353 e. The van der Waals surface area contributed by atoms with E-state index in [1.807, 2.05) is 37.3 Å². The summed E-state index contributed by atoms with van der Waals surface area (Å²) < 4.78 is 0. The first kappa shape index (κ1) is 17.3. The highest BCUT2D eigenvalue weighted by Gasteiger charge is 2.07. The molecule has 0 aliphatic heterocycles. The summed E-state index contributed by atoms with van der Waals surface area (Å²) >= 11 is 4.18. The molecule has 0 spiro atoms. The highest BCUT2D eigenvalue weighted by atomic mass is 32.1. The van der Waals surface area contributed by atoms with E-state index in [0.717, 1.165) is 5.56 Å². The highest BCUT2D eigenvalue weighted by Crippen LogP contribution is 2.11. The van der Waals surface area contributed by atoms with Gasteiger partial charge in [-0.25, -0.2) is 0 Å². The van der Waals surface area contributed by atoms with Gasteiger partial charge in [0.1, 0.15) is 0 Å². The molecule has 0 aliphatic rings. The van der Waals surface area contributed by atoms with Crippen molar-refractivity contribution < 1.29 is 0 Å². The fraction of sp³-hybridized carbons (Fsp3) is 0.400. The summed E-state index contributed by atoms with van der Waals surface area (Å²) in [6.07, 6.45) is 0. The molecule has 1 heterocycles. The molecule has 0 radical (unpaired) electrons. The lowest BCUT2D eigenvalue weighted by Crippen LogP contribution is -2.26. The van der Waals surface area contributed by atoms with Crippen molar-refractivity contribution >= 4 is 30.5 Å². The fourth-order valence-electron chi connectivity index (χ4n) is 1.81. The molecule has 1 aromatic heterocycles. The number of hydrogen-bond acceptors (Lipinski definition) is 8. The van der Waals surface area contributed by atoms with Crippen LogP contribution in [-0.4, -0.2) is 39.8 Å². The van der Waals surface area contributed by atoms with Crippen LogP contribution in [0.1, 0.15) is 12.5 Å². The maximum atomic E-state index is 5.76. The molecule has 0 aliphatic carbocycles. The first-order chi connectivity index (χ1) is 11.2. The van der Waals surface area contributed by atoms with Gasteiger partial charge in [-0.05, 0) is 12.5 Å². The van der Waals surface area contributed by atoms with Crippen LogP contribution < -0.4 is 21.7 Å². The Morgan fingerprint density at radius 1 is 1.00 bits per heavy atom. The number of nitrogens with two attached hydrogens (primary N) is 1. The maximum absolute atomic E-state index is 5.76. The van der Waals surface area contributed by atoms with Crippen LogP contribution in [0.5, 0.6) is 0 Å². The summed E-state index contributed by atoms with van der Waals surface area (Å²) in [5.41, 5.74) is 6.91. The Kier molecular flexibility index (Phi) is 6.89. The zero-order valence-electron chi connectivity index (χ0n) is 13.2. The predicted octanol–water partition coefficient (Wildman–Crippen LogP) is 1.58. The average molecular weight is 333 g/mol. The van der Waals surface area contributed by atoms with Crippen LogP contribution in [0.25, 0.3) is 0 Å². The van der Waals surface area contributed by atoms with E-state index in [2.05, 4.69) is 43.5 Å². The van der Waals surface area contributed by atoms with E-state index in [1.165, 1.54) is 0 Å². The second-order valence-corrected chi connectivity index (χ2v) is 5.60. The molecule has 0 bridgehead atoms. The summed E-state index contributed by atoms with van der Waals surface area (Å²) in [6, 6.07) is 10.1. The Labute approximate surface area is 141 Å². The summed E-state index contributed by atoms with van der Waals surface area (Å²) in [5, 5.41) is 9.44. The quantitative estimate of drug-likeness (QED) is 0.444. The summed E-state index contributed by atoms with van der Waals surface area (Å²) in [6.45, 7) is 3.83. The third-order valence-corrected chi connectivity index (χ3v) is 3.13. The van der Waals surface area contributed by atoms with Crippen LogP contribution in [0.2, 0.25) is 0 Å². The van der Waals surface area contributed by atoms with E-state index in [4.69, 9.17) is 5.73 Å². The lowest BCUT2D eigenvalue weighted by atomic mass is 10.2. The molecule has 1 aromatic carbocycles. The smallest absolute Gasteiger partial charge is 0.229 e. The lowest BCUT2D eigenvalue weighted by molar-refractivity contribution is 0.772. The molecule has 0 saturated carbocycles. The first-order valence-electron chi connectivity index (χ1n) is 7.55. The van der Waals surface area contributed by atoms with Gasteiger partial charge < -0.3 is 21.7 Å². The standard InChI is InChI=1S/C15H23N7S/c1-11(16)9-18-14-20-13(17-7-8-23)21-15(22-14)19-10-12-5-3-2-4-6-12/h2-6,11,23H,7-10,16H2,1H3,(H3,17,18,19,20,21,22). The highest BCUT2D eigenvalue weighted by molar-refractivity contribution is 7.80. The number of hydrogen-bond donors (Lipinski definition) is 5. The number of anilines is 3. The largest absolute Gasteiger partial charge is 0.353 e. The van der Waals surface area contributed by atoms with Crippen molar-refractivity contribution in [3.63, 3.8) is 0 Å². The third kappa shape index (κ3) is 6.29. The number of rotatable bonds is 9. The van der Waals surface area contributed by atoms with Crippen LogP contribution in [0.3, 0.4) is 0 Å². The fourth-order valence-corrected chi connectivity index (χ4v) is 1.92. The molecule has 2 aromatic rings. The van der Waals surface area contributed by atoms with E-state index >= 15 is 0 Å². The number of nitrogens with one attached hydrogen (secondary N) is 3. The minimum absolute atomic E-state index is 0.0151. The molecule has 0 fully saturated rings. The zero-order chi connectivity index (χ0) is 16.5. The topological polar surface area (TPSA) is 101 Å². The van der Waals surface area contributed by atoms with Gasteiger partial charge in [0.05, 0.1) is 0 Å². The lowest BCUT2D eigenvalue weighted by Gasteiger charge is -2.12. The van der Waals surface area contributed by atoms with Crippen LogP contribution in [0.4, 0.5) is 17.8 Å². The van der Waals surface area contributed by atoms with E-state index in [-0.39, 0.29) is 6.04 Å². The SMILES string of the molecule is CC(N)CNc1nc(NCCS)nc(NCc2ccccc2)n1. The zero-order valence-corrected chi connectivity index (χ0v) is 14.1. The van der Waals surface area contributed by atoms with Crippen LogP contribution in [-0.2, 0) is 6.54 Å². The normalized spacial score (nSPS) is 11.8. The monoisotopic (exact) mass is 333 g/mol. The number of nitrogens with zero attached hydrogens (tertiary/aromatic N) is 3. The van der Waals surface area contributed by atoms with Gasteiger partial charge in [0.25, 0.3) is 0 Å². The van der Waals surface area contributed by atoms with Gasteiger partial charge in [0, 0.05) is 31.4 Å². The Balaban J connectivity index is 2.07.